The van der Waals surface area contributed by atoms with Crippen LogP contribution in [0.4, 0.5) is 0 Å². The van der Waals surface area contributed by atoms with Crippen molar-refractivity contribution in [3.05, 3.63) is 23.7 Å². The molecule has 0 aliphatic carbocycles. The molecule has 0 spiro atoms. The third kappa shape index (κ3) is 1.85. The van der Waals surface area contributed by atoms with Gasteiger partial charge in [0, 0.05) is 6.54 Å². The molecule has 0 amide bonds. The lowest BCUT2D eigenvalue weighted by Gasteiger charge is -1.99. The molecule has 0 atom stereocenters. The smallest absolute Gasteiger partial charge is 0.145 e. The van der Waals surface area contributed by atoms with Crippen LogP contribution in [0, 0.1) is 6.92 Å². The largest absolute Gasteiger partial charge is 0.469 e. The zero-order valence-electron chi connectivity index (χ0n) is 7.29. The summed E-state index contributed by atoms with van der Waals surface area (Å²) in [5.41, 5.74) is 3.41. The normalized spacial score (nSPS) is 11.8. The fourth-order valence-corrected chi connectivity index (χ4v) is 0.946. The van der Waals surface area contributed by atoms with Crippen LogP contribution in [0.1, 0.15) is 18.2 Å². The molecule has 1 aromatic rings. The Morgan fingerprint density at radius 1 is 1.75 bits per heavy atom. The highest BCUT2D eigenvalue weighted by Gasteiger charge is 2.03. The van der Waals surface area contributed by atoms with E-state index in [1.807, 2.05) is 19.9 Å². The Balaban J connectivity index is 2.87. The standard InChI is InChI=1S/C8H13N3O/c1-3-10-8(11-9)7-4-6(2)12-5-7/h4-5H,3,9H2,1-2H3,(H,10,11). The second-order valence-electron chi connectivity index (χ2n) is 2.41. The van der Waals surface area contributed by atoms with Gasteiger partial charge in [0.25, 0.3) is 0 Å². The van der Waals surface area contributed by atoms with E-state index in [-0.39, 0.29) is 0 Å². The van der Waals surface area contributed by atoms with Crippen molar-refractivity contribution in [3.8, 4) is 0 Å². The Morgan fingerprint density at radius 3 is 2.92 bits per heavy atom. The lowest BCUT2D eigenvalue weighted by atomic mass is 10.3. The predicted octanol–water partition coefficient (Wildman–Crippen LogP) is 0.818. The van der Waals surface area contributed by atoms with Crippen LogP contribution < -0.4 is 11.3 Å². The Labute approximate surface area is 71.4 Å². The SMILES string of the molecule is CCN=C(NN)c1coc(C)c1. The molecule has 0 saturated carbocycles. The summed E-state index contributed by atoms with van der Waals surface area (Å²) in [6.45, 7) is 4.53. The van der Waals surface area contributed by atoms with E-state index in [4.69, 9.17) is 10.3 Å². The maximum absolute atomic E-state index is 5.28. The van der Waals surface area contributed by atoms with Crippen molar-refractivity contribution in [2.24, 2.45) is 10.8 Å². The average molecular weight is 167 g/mol. The third-order valence-electron chi connectivity index (χ3n) is 1.46. The van der Waals surface area contributed by atoms with E-state index >= 15 is 0 Å². The Hall–Kier alpha value is -1.29. The first-order valence-electron chi connectivity index (χ1n) is 3.84. The van der Waals surface area contributed by atoms with Gasteiger partial charge in [0.15, 0.2) is 0 Å². The molecule has 0 fully saturated rings. The van der Waals surface area contributed by atoms with E-state index < -0.39 is 0 Å². The molecule has 0 bridgehead atoms. The van der Waals surface area contributed by atoms with Gasteiger partial charge in [-0.1, -0.05) is 0 Å². The van der Waals surface area contributed by atoms with Crippen molar-refractivity contribution in [1.29, 1.82) is 0 Å². The quantitative estimate of drug-likeness (QED) is 0.296. The molecule has 0 radical (unpaired) electrons. The molecule has 3 N–H and O–H groups in total. The first-order chi connectivity index (χ1) is 5.77. The van der Waals surface area contributed by atoms with E-state index in [0.29, 0.717) is 12.4 Å². The summed E-state index contributed by atoms with van der Waals surface area (Å²) in [7, 11) is 0. The lowest BCUT2D eigenvalue weighted by molar-refractivity contribution is 0.533. The van der Waals surface area contributed by atoms with Gasteiger partial charge >= 0.3 is 0 Å². The summed E-state index contributed by atoms with van der Waals surface area (Å²) in [6.07, 6.45) is 1.63. The number of hydrazine groups is 1. The Morgan fingerprint density at radius 2 is 2.50 bits per heavy atom. The lowest BCUT2D eigenvalue weighted by Crippen LogP contribution is -2.30. The molecule has 1 aromatic heterocycles. The highest BCUT2D eigenvalue weighted by molar-refractivity contribution is 5.98. The van der Waals surface area contributed by atoms with Gasteiger partial charge in [-0.25, -0.2) is 5.84 Å². The highest BCUT2D eigenvalue weighted by Crippen LogP contribution is 2.05. The monoisotopic (exact) mass is 167 g/mol. The molecule has 1 heterocycles. The van der Waals surface area contributed by atoms with Crippen LogP contribution in [0.5, 0.6) is 0 Å². The number of furan rings is 1. The fourth-order valence-electron chi connectivity index (χ4n) is 0.946. The maximum Gasteiger partial charge on any atom is 0.145 e. The van der Waals surface area contributed by atoms with Crippen molar-refractivity contribution < 1.29 is 4.42 Å². The van der Waals surface area contributed by atoms with E-state index in [2.05, 4.69) is 10.4 Å². The summed E-state index contributed by atoms with van der Waals surface area (Å²) in [4.78, 5) is 4.15. The zero-order valence-corrected chi connectivity index (χ0v) is 7.29. The van der Waals surface area contributed by atoms with Gasteiger partial charge in [0.05, 0.1) is 5.56 Å². The zero-order chi connectivity index (χ0) is 8.97. The number of amidine groups is 1. The van der Waals surface area contributed by atoms with Crippen molar-refractivity contribution in [2.45, 2.75) is 13.8 Å². The van der Waals surface area contributed by atoms with Gasteiger partial charge in [-0.3, -0.25) is 4.99 Å². The van der Waals surface area contributed by atoms with Gasteiger partial charge in [0.2, 0.25) is 0 Å². The van der Waals surface area contributed by atoms with Crippen LogP contribution in [0.15, 0.2) is 21.7 Å². The molecular weight excluding hydrogens is 154 g/mol. The van der Waals surface area contributed by atoms with Crippen LogP contribution in [-0.4, -0.2) is 12.4 Å². The summed E-state index contributed by atoms with van der Waals surface area (Å²) in [5.74, 6) is 6.79. The van der Waals surface area contributed by atoms with Crippen molar-refractivity contribution >= 4 is 5.84 Å². The van der Waals surface area contributed by atoms with Crippen molar-refractivity contribution in [2.75, 3.05) is 6.54 Å². The van der Waals surface area contributed by atoms with E-state index in [0.717, 1.165) is 11.3 Å². The van der Waals surface area contributed by atoms with Crippen molar-refractivity contribution in [1.82, 2.24) is 5.43 Å². The number of nitrogens with two attached hydrogens (primary N) is 1. The van der Waals surface area contributed by atoms with Crippen LogP contribution in [0.25, 0.3) is 0 Å². The second kappa shape index (κ2) is 3.92. The number of aliphatic imine (C=N–C) groups is 1. The first kappa shape index (κ1) is 8.80. The number of aryl methyl sites for hydroxylation is 1. The van der Waals surface area contributed by atoms with E-state index in [1.54, 1.807) is 6.26 Å². The topological polar surface area (TPSA) is 63.5 Å². The summed E-state index contributed by atoms with van der Waals surface area (Å²) in [5, 5.41) is 0. The van der Waals surface area contributed by atoms with Gasteiger partial charge in [0.1, 0.15) is 17.9 Å². The molecule has 0 aromatic carbocycles. The predicted molar refractivity (Wildman–Crippen MR) is 47.8 cm³/mol. The van der Waals surface area contributed by atoms with Crippen LogP contribution in [0.3, 0.4) is 0 Å². The van der Waals surface area contributed by atoms with Crippen LogP contribution in [0.2, 0.25) is 0 Å². The summed E-state index contributed by atoms with van der Waals surface area (Å²) >= 11 is 0. The number of rotatable bonds is 2. The third-order valence-corrected chi connectivity index (χ3v) is 1.46. The molecule has 0 aliphatic heterocycles. The van der Waals surface area contributed by atoms with E-state index in [1.165, 1.54) is 0 Å². The highest BCUT2D eigenvalue weighted by atomic mass is 16.3. The molecule has 4 nitrogen and oxygen atoms in total. The van der Waals surface area contributed by atoms with Gasteiger partial charge in [-0.15, -0.1) is 0 Å². The van der Waals surface area contributed by atoms with Crippen LogP contribution >= 0.6 is 0 Å². The Bertz CT molecular complexity index is 278. The number of hydrogen-bond donors (Lipinski definition) is 2. The molecule has 1 rings (SSSR count). The molecule has 66 valence electrons. The second-order valence-corrected chi connectivity index (χ2v) is 2.41. The van der Waals surface area contributed by atoms with Gasteiger partial charge < -0.3 is 9.84 Å². The molecule has 12 heavy (non-hydrogen) atoms. The first-order valence-corrected chi connectivity index (χ1v) is 3.84. The van der Waals surface area contributed by atoms with Crippen molar-refractivity contribution in [3.63, 3.8) is 0 Å². The molecule has 0 aliphatic rings. The minimum atomic E-state index is 0.661. The number of hydrogen-bond acceptors (Lipinski definition) is 3. The molecular formula is C8H13N3O. The molecule has 0 saturated heterocycles. The van der Waals surface area contributed by atoms with Gasteiger partial charge in [-0.05, 0) is 19.9 Å². The number of nitrogens with zero attached hydrogens (tertiary/aromatic N) is 1. The number of nitrogens with one attached hydrogen (secondary N) is 1. The van der Waals surface area contributed by atoms with Crippen LogP contribution in [-0.2, 0) is 0 Å². The average Bonchev–Trinajstić information content (AvgIpc) is 2.47. The summed E-state index contributed by atoms with van der Waals surface area (Å²) < 4.78 is 5.12. The molecule has 4 heteroatoms. The van der Waals surface area contributed by atoms with E-state index in [9.17, 15) is 0 Å². The maximum atomic E-state index is 5.28. The Kier molecular flexibility index (Phi) is 2.88. The molecule has 0 unspecified atom stereocenters. The van der Waals surface area contributed by atoms with Gasteiger partial charge in [-0.2, -0.15) is 0 Å². The fraction of sp³-hybridized carbons (Fsp3) is 0.375. The summed E-state index contributed by atoms with van der Waals surface area (Å²) in [6, 6.07) is 1.88. The minimum absolute atomic E-state index is 0.661. The minimum Gasteiger partial charge on any atom is -0.469 e.